The third-order valence-corrected chi connectivity index (χ3v) is 3.16. The first-order valence-electron chi connectivity index (χ1n) is 5.50. The molecule has 0 aliphatic carbocycles. The summed E-state index contributed by atoms with van der Waals surface area (Å²) in [6, 6.07) is 5.85. The maximum atomic E-state index is 6.15. The van der Waals surface area contributed by atoms with E-state index in [2.05, 4.69) is 10.5 Å². The molecular formula is C13H15ClN2O. The van der Waals surface area contributed by atoms with Gasteiger partial charge < -0.3 is 9.84 Å². The quantitative estimate of drug-likeness (QED) is 0.899. The number of nitrogens with zero attached hydrogens (tertiary/aromatic N) is 1. The molecule has 0 bridgehead atoms. The maximum Gasteiger partial charge on any atom is 0.138 e. The number of benzene rings is 1. The average Bonchev–Trinajstić information content (AvgIpc) is 2.59. The minimum Gasteiger partial charge on any atom is -0.379 e. The molecule has 4 heteroatoms. The Morgan fingerprint density at radius 1 is 1.29 bits per heavy atom. The van der Waals surface area contributed by atoms with E-state index in [1.165, 1.54) is 0 Å². The summed E-state index contributed by atoms with van der Waals surface area (Å²) in [7, 11) is 0. The van der Waals surface area contributed by atoms with Crippen LogP contribution in [-0.4, -0.2) is 5.16 Å². The molecule has 0 atom stereocenters. The molecule has 1 aromatic carbocycles. The molecule has 1 aromatic heterocycles. The van der Waals surface area contributed by atoms with Gasteiger partial charge in [0.25, 0.3) is 0 Å². The number of halogens is 1. The zero-order valence-electron chi connectivity index (χ0n) is 10.2. The third-order valence-electron chi connectivity index (χ3n) is 2.85. The molecule has 0 saturated carbocycles. The van der Waals surface area contributed by atoms with Gasteiger partial charge in [-0.1, -0.05) is 28.9 Å². The Balaban J connectivity index is 2.18. The summed E-state index contributed by atoms with van der Waals surface area (Å²) < 4.78 is 5.12. The summed E-state index contributed by atoms with van der Waals surface area (Å²) in [6.07, 6.45) is 0. The molecule has 1 heterocycles. The van der Waals surface area contributed by atoms with Gasteiger partial charge in [-0.2, -0.15) is 0 Å². The Morgan fingerprint density at radius 3 is 2.65 bits per heavy atom. The summed E-state index contributed by atoms with van der Waals surface area (Å²) in [5.41, 5.74) is 4.10. The highest BCUT2D eigenvalue weighted by atomic mass is 35.5. The number of aryl methyl sites for hydroxylation is 3. The van der Waals surface area contributed by atoms with Crippen molar-refractivity contribution in [2.24, 2.45) is 0 Å². The molecule has 0 aliphatic heterocycles. The summed E-state index contributed by atoms with van der Waals surface area (Å²) in [6.45, 7) is 6.55. The van der Waals surface area contributed by atoms with Gasteiger partial charge in [0.2, 0.25) is 0 Å². The van der Waals surface area contributed by atoms with Crippen molar-refractivity contribution < 1.29 is 4.52 Å². The van der Waals surface area contributed by atoms with Crippen LogP contribution < -0.4 is 5.32 Å². The van der Waals surface area contributed by atoms with Gasteiger partial charge in [0.05, 0.1) is 16.4 Å². The first-order valence-corrected chi connectivity index (χ1v) is 5.88. The molecule has 0 amide bonds. The first-order chi connectivity index (χ1) is 8.09. The molecule has 3 nitrogen and oxygen atoms in total. The van der Waals surface area contributed by atoms with Gasteiger partial charge >= 0.3 is 0 Å². The molecule has 2 rings (SSSR count). The number of para-hydroxylation sites is 1. The molecule has 0 fully saturated rings. The van der Waals surface area contributed by atoms with E-state index >= 15 is 0 Å². The van der Waals surface area contributed by atoms with E-state index in [4.69, 9.17) is 16.1 Å². The fourth-order valence-corrected chi connectivity index (χ4v) is 2.08. The van der Waals surface area contributed by atoms with Gasteiger partial charge in [-0.05, 0) is 32.4 Å². The zero-order chi connectivity index (χ0) is 12.4. The lowest BCUT2D eigenvalue weighted by atomic mass is 10.1. The van der Waals surface area contributed by atoms with E-state index in [1.54, 1.807) is 0 Å². The monoisotopic (exact) mass is 250 g/mol. The van der Waals surface area contributed by atoms with Crippen LogP contribution in [0.5, 0.6) is 0 Å². The van der Waals surface area contributed by atoms with Gasteiger partial charge in [0.15, 0.2) is 0 Å². The summed E-state index contributed by atoms with van der Waals surface area (Å²) >= 11 is 6.15. The van der Waals surface area contributed by atoms with E-state index in [-0.39, 0.29) is 0 Å². The Morgan fingerprint density at radius 2 is 2.06 bits per heavy atom. The molecule has 1 N–H and O–H groups in total. The van der Waals surface area contributed by atoms with Gasteiger partial charge in [-0.15, -0.1) is 0 Å². The molecule has 0 saturated heterocycles. The molecule has 0 aliphatic rings. The van der Waals surface area contributed by atoms with E-state index in [1.807, 2.05) is 39.0 Å². The Hall–Kier alpha value is -1.48. The number of aromatic nitrogens is 1. The normalized spacial score (nSPS) is 10.6. The Kier molecular flexibility index (Phi) is 3.38. The zero-order valence-corrected chi connectivity index (χ0v) is 10.9. The van der Waals surface area contributed by atoms with Crippen molar-refractivity contribution in [1.29, 1.82) is 0 Å². The molecule has 2 aromatic rings. The standard InChI is InChI=1S/C13H15ClN2O/c1-8-5-4-6-12(14)13(8)15-7-11-9(2)16-17-10(11)3/h4-6,15H,7H2,1-3H3. The lowest BCUT2D eigenvalue weighted by Crippen LogP contribution is -2.03. The summed E-state index contributed by atoms with van der Waals surface area (Å²) in [5.74, 6) is 0.847. The molecule has 0 radical (unpaired) electrons. The van der Waals surface area contributed by atoms with Crippen LogP contribution in [0.1, 0.15) is 22.6 Å². The third kappa shape index (κ3) is 2.44. The van der Waals surface area contributed by atoms with Crippen molar-refractivity contribution in [3.05, 3.63) is 45.8 Å². The van der Waals surface area contributed by atoms with Crippen molar-refractivity contribution >= 4 is 17.3 Å². The fraction of sp³-hybridized carbons (Fsp3) is 0.308. The summed E-state index contributed by atoms with van der Waals surface area (Å²) in [5, 5.41) is 7.99. The van der Waals surface area contributed by atoms with E-state index < -0.39 is 0 Å². The van der Waals surface area contributed by atoms with Crippen molar-refractivity contribution in [3.63, 3.8) is 0 Å². The first kappa shape index (κ1) is 12.0. The van der Waals surface area contributed by atoms with Crippen LogP contribution in [0.15, 0.2) is 22.7 Å². The second-order valence-corrected chi connectivity index (χ2v) is 4.50. The fourth-order valence-electron chi connectivity index (χ4n) is 1.79. The largest absolute Gasteiger partial charge is 0.379 e. The number of hydrogen-bond acceptors (Lipinski definition) is 3. The van der Waals surface area contributed by atoms with Crippen LogP contribution in [0.3, 0.4) is 0 Å². The van der Waals surface area contributed by atoms with Crippen LogP contribution >= 0.6 is 11.6 Å². The van der Waals surface area contributed by atoms with Gasteiger partial charge in [0, 0.05) is 12.1 Å². The number of rotatable bonds is 3. The van der Waals surface area contributed by atoms with Crippen LogP contribution in [-0.2, 0) is 6.54 Å². The van der Waals surface area contributed by atoms with Crippen molar-refractivity contribution in [3.8, 4) is 0 Å². The predicted octanol–water partition coefficient (Wildman–Crippen LogP) is 3.87. The molecule has 0 spiro atoms. The van der Waals surface area contributed by atoms with E-state index in [9.17, 15) is 0 Å². The smallest absolute Gasteiger partial charge is 0.138 e. The van der Waals surface area contributed by atoms with Crippen LogP contribution in [0.4, 0.5) is 5.69 Å². The molecule has 17 heavy (non-hydrogen) atoms. The van der Waals surface area contributed by atoms with Gasteiger partial charge in [-0.3, -0.25) is 0 Å². The van der Waals surface area contributed by atoms with E-state index in [0.29, 0.717) is 6.54 Å². The predicted molar refractivity (Wildman–Crippen MR) is 69.5 cm³/mol. The van der Waals surface area contributed by atoms with Crippen molar-refractivity contribution in [2.45, 2.75) is 27.3 Å². The average molecular weight is 251 g/mol. The second kappa shape index (κ2) is 4.80. The highest BCUT2D eigenvalue weighted by Gasteiger charge is 2.10. The Bertz CT molecular complexity index is 494. The topological polar surface area (TPSA) is 38.1 Å². The highest BCUT2D eigenvalue weighted by molar-refractivity contribution is 6.33. The van der Waals surface area contributed by atoms with Crippen LogP contribution in [0, 0.1) is 20.8 Å². The molecule has 0 unspecified atom stereocenters. The Labute approximate surface area is 106 Å². The van der Waals surface area contributed by atoms with E-state index in [0.717, 1.165) is 33.3 Å². The number of anilines is 1. The maximum absolute atomic E-state index is 6.15. The number of nitrogens with one attached hydrogen (secondary N) is 1. The number of hydrogen-bond donors (Lipinski definition) is 1. The second-order valence-electron chi connectivity index (χ2n) is 4.09. The minimum absolute atomic E-state index is 0.672. The van der Waals surface area contributed by atoms with Crippen molar-refractivity contribution in [1.82, 2.24) is 5.16 Å². The van der Waals surface area contributed by atoms with Crippen LogP contribution in [0.2, 0.25) is 5.02 Å². The van der Waals surface area contributed by atoms with Crippen LogP contribution in [0.25, 0.3) is 0 Å². The molecule has 90 valence electrons. The van der Waals surface area contributed by atoms with Gasteiger partial charge in [-0.25, -0.2) is 0 Å². The lowest BCUT2D eigenvalue weighted by molar-refractivity contribution is 0.392. The lowest BCUT2D eigenvalue weighted by Gasteiger charge is -2.10. The SMILES string of the molecule is Cc1cccc(Cl)c1NCc1c(C)noc1C. The van der Waals surface area contributed by atoms with Crippen molar-refractivity contribution in [2.75, 3.05) is 5.32 Å². The highest BCUT2D eigenvalue weighted by Crippen LogP contribution is 2.26. The van der Waals surface area contributed by atoms with Gasteiger partial charge in [0.1, 0.15) is 5.76 Å². The minimum atomic E-state index is 0.672. The summed E-state index contributed by atoms with van der Waals surface area (Å²) in [4.78, 5) is 0. The molecular weight excluding hydrogens is 236 g/mol.